The number of ether oxygens (including phenoxy) is 1. The van der Waals surface area contributed by atoms with Crippen LogP contribution in [0, 0.1) is 23.7 Å². The molecule has 0 saturated heterocycles. The van der Waals surface area contributed by atoms with Gasteiger partial charge < -0.3 is 4.74 Å². The van der Waals surface area contributed by atoms with Crippen molar-refractivity contribution in [2.75, 3.05) is 6.61 Å². The van der Waals surface area contributed by atoms with Crippen molar-refractivity contribution in [2.45, 2.75) is 142 Å². The first-order valence-corrected chi connectivity index (χ1v) is 12.9. The highest BCUT2D eigenvalue weighted by molar-refractivity contribution is 5.36. The fraction of sp³-hybridized carbons (Fsp3) is 0.821. The van der Waals surface area contributed by atoms with Gasteiger partial charge in [0.1, 0.15) is 0 Å². The monoisotopic (exact) mass is 416 g/mol. The molecule has 0 heterocycles. The minimum Gasteiger partial charge on any atom is -0.468 e. The van der Waals surface area contributed by atoms with Gasteiger partial charge in [-0.25, -0.2) is 0 Å². The van der Waals surface area contributed by atoms with Gasteiger partial charge in [0.2, 0.25) is 0 Å². The van der Waals surface area contributed by atoms with E-state index in [1.54, 1.807) is 0 Å². The number of carbonyl (C=O) groups excluding carboxylic acids is 1. The Hall–Kier alpha value is -1.41. The largest absolute Gasteiger partial charge is 0.468 e. The van der Waals surface area contributed by atoms with Crippen LogP contribution in [0.2, 0.25) is 0 Å². The highest BCUT2D eigenvalue weighted by Crippen LogP contribution is 2.12. The summed E-state index contributed by atoms with van der Waals surface area (Å²) in [7, 11) is 0. The molecule has 0 aromatic rings. The SMILES string of the molecule is CCCCCCCCCCCCCCC#CC#CCCCCCCCCCOC=O. The summed E-state index contributed by atoms with van der Waals surface area (Å²) in [6.07, 6.45) is 27.0. The second kappa shape index (κ2) is 27.6. The van der Waals surface area contributed by atoms with Gasteiger partial charge in [0, 0.05) is 12.8 Å². The maximum Gasteiger partial charge on any atom is 0.293 e. The fourth-order valence-corrected chi connectivity index (χ4v) is 3.60. The van der Waals surface area contributed by atoms with Crippen LogP contribution in [0.15, 0.2) is 0 Å². The van der Waals surface area contributed by atoms with Crippen molar-refractivity contribution in [3.8, 4) is 23.7 Å². The smallest absolute Gasteiger partial charge is 0.293 e. The molecule has 0 aliphatic heterocycles. The molecule has 0 unspecified atom stereocenters. The van der Waals surface area contributed by atoms with E-state index in [0.29, 0.717) is 13.1 Å². The lowest BCUT2D eigenvalue weighted by Gasteiger charge is -2.01. The number of carbonyl (C=O) groups is 1. The second-order valence-corrected chi connectivity index (χ2v) is 8.43. The molecule has 0 aromatic heterocycles. The van der Waals surface area contributed by atoms with E-state index < -0.39 is 0 Å². The summed E-state index contributed by atoms with van der Waals surface area (Å²) in [5.74, 6) is 12.4. The van der Waals surface area contributed by atoms with Crippen molar-refractivity contribution >= 4 is 6.47 Å². The first kappa shape index (κ1) is 28.6. The van der Waals surface area contributed by atoms with Gasteiger partial charge in [0.05, 0.1) is 6.61 Å². The number of rotatable bonds is 22. The molecule has 0 saturated carbocycles. The summed E-state index contributed by atoms with van der Waals surface area (Å²) in [6, 6.07) is 0. The van der Waals surface area contributed by atoms with Crippen LogP contribution in [0.1, 0.15) is 142 Å². The van der Waals surface area contributed by atoms with Crippen LogP contribution in [0.25, 0.3) is 0 Å². The van der Waals surface area contributed by atoms with Crippen LogP contribution < -0.4 is 0 Å². The highest BCUT2D eigenvalue weighted by Gasteiger charge is 1.93. The molecule has 2 nitrogen and oxygen atoms in total. The van der Waals surface area contributed by atoms with Gasteiger partial charge in [-0.3, -0.25) is 4.79 Å². The predicted molar refractivity (Wildman–Crippen MR) is 130 cm³/mol. The Bertz CT molecular complexity index is 461. The summed E-state index contributed by atoms with van der Waals surface area (Å²) in [6.45, 7) is 3.38. The topological polar surface area (TPSA) is 26.3 Å². The lowest BCUT2D eigenvalue weighted by atomic mass is 10.0. The molecule has 2 heteroatoms. The first-order chi connectivity index (χ1) is 14.9. The lowest BCUT2D eigenvalue weighted by Crippen LogP contribution is -1.91. The second-order valence-electron chi connectivity index (χ2n) is 8.43. The van der Waals surface area contributed by atoms with Crippen LogP contribution in [-0.4, -0.2) is 13.1 Å². The molecule has 30 heavy (non-hydrogen) atoms. The van der Waals surface area contributed by atoms with Crippen molar-refractivity contribution in [3.63, 3.8) is 0 Å². The summed E-state index contributed by atoms with van der Waals surface area (Å²) in [4.78, 5) is 10.00. The summed E-state index contributed by atoms with van der Waals surface area (Å²) in [5.41, 5.74) is 0. The Morgan fingerprint density at radius 3 is 1.30 bits per heavy atom. The van der Waals surface area contributed by atoms with Crippen LogP contribution in [0.3, 0.4) is 0 Å². The normalized spacial score (nSPS) is 10.0. The van der Waals surface area contributed by atoms with Gasteiger partial charge in [-0.15, -0.1) is 0 Å². The van der Waals surface area contributed by atoms with Crippen molar-refractivity contribution in [3.05, 3.63) is 0 Å². The van der Waals surface area contributed by atoms with Crippen molar-refractivity contribution in [1.82, 2.24) is 0 Å². The van der Waals surface area contributed by atoms with Gasteiger partial charge in [-0.2, -0.15) is 0 Å². The van der Waals surface area contributed by atoms with Gasteiger partial charge in [0.15, 0.2) is 0 Å². The Morgan fingerprint density at radius 1 is 0.533 bits per heavy atom. The van der Waals surface area contributed by atoms with Crippen LogP contribution in [0.5, 0.6) is 0 Å². The number of hydrogen-bond donors (Lipinski definition) is 0. The Labute approximate surface area is 188 Å². The minimum absolute atomic E-state index is 0.533. The highest BCUT2D eigenvalue weighted by atomic mass is 16.5. The maximum absolute atomic E-state index is 10.00. The standard InChI is InChI=1S/C28H48O2/c1-2-3-4-5-6-7-8-9-10-11-12-13-14-15-16-17-18-19-20-21-22-23-24-25-26-27-30-28-29/h28H,2-14,19-27H2,1H3. The molecule has 0 amide bonds. The van der Waals surface area contributed by atoms with E-state index >= 15 is 0 Å². The molecule has 0 aliphatic carbocycles. The molecular weight excluding hydrogens is 368 g/mol. The zero-order valence-corrected chi connectivity index (χ0v) is 20.0. The van der Waals surface area contributed by atoms with Crippen LogP contribution in [-0.2, 0) is 9.53 Å². The molecule has 0 atom stereocenters. The van der Waals surface area contributed by atoms with Crippen molar-refractivity contribution in [2.24, 2.45) is 0 Å². The molecule has 0 N–H and O–H groups in total. The first-order valence-electron chi connectivity index (χ1n) is 12.9. The van der Waals surface area contributed by atoms with E-state index in [-0.39, 0.29) is 0 Å². The summed E-state index contributed by atoms with van der Waals surface area (Å²) < 4.78 is 4.68. The van der Waals surface area contributed by atoms with Gasteiger partial charge >= 0.3 is 0 Å². The average Bonchev–Trinajstić information content (AvgIpc) is 2.76. The van der Waals surface area contributed by atoms with Crippen molar-refractivity contribution < 1.29 is 9.53 Å². The Morgan fingerprint density at radius 2 is 0.900 bits per heavy atom. The van der Waals surface area contributed by atoms with E-state index in [4.69, 9.17) is 0 Å². The third-order valence-electron chi connectivity index (χ3n) is 5.53. The third-order valence-corrected chi connectivity index (χ3v) is 5.53. The summed E-state index contributed by atoms with van der Waals surface area (Å²) in [5, 5.41) is 0. The average molecular weight is 417 g/mol. The molecule has 0 bridgehead atoms. The molecule has 0 fully saturated rings. The van der Waals surface area contributed by atoms with Crippen LogP contribution in [0.4, 0.5) is 0 Å². The van der Waals surface area contributed by atoms with E-state index in [1.165, 1.54) is 109 Å². The zero-order valence-electron chi connectivity index (χ0n) is 20.0. The molecule has 0 aliphatic rings. The minimum atomic E-state index is 0.533. The summed E-state index contributed by atoms with van der Waals surface area (Å²) >= 11 is 0. The van der Waals surface area contributed by atoms with Crippen LogP contribution >= 0.6 is 0 Å². The molecule has 0 aromatic carbocycles. The quantitative estimate of drug-likeness (QED) is 0.101. The van der Waals surface area contributed by atoms with Gasteiger partial charge in [-0.05, 0) is 31.1 Å². The lowest BCUT2D eigenvalue weighted by molar-refractivity contribution is -0.128. The molecule has 0 radical (unpaired) electrons. The maximum atomic E-state index is 10.00. The van der Waals surface area contributed by atoms with E-state index in [1.807, 2.05) is 0 Å². The molecule has 172 valence electrons. The van der Waals surface area contributed by atoms with Gasteiger partial charge in [0.25, 0.3) is 6.47 Å². The Kier molecular flexibility index (Phi) is 26.3. The van der Waals surface area contributed by atoms with Crippen molar-refractivity contribution in [1.29, 1.82) is 0 Å². The third kappa shape index (κ3) is 26.6. The molecule has 0 rings (SSSR count). The van der Waals surface area contributed by atoms with Gasteiger partial charge in [-0.1, -0.05) is 121 Å². The van der Waals surface area contributed by atoms with E-state index in [9.17, 15) is 4.79 Å². The number of unbranched alkanes of at least 4 members (excludes halogenated alkanes) is 19. The zero-order chi connectivity index (χ0) is 21.8. The number of hydrogen-bond acceptors (Lipinski definition) is 2. The molecular formula is C28H48O2. The van der Waals surface area contributed by atoms with E-state index in [0.717, 1.165) is 25.7 Å². The fourth-order valence-electron chi connectivity index (χ4n) is 3.60. The van der Waals surface area contributed by atoms with E-state index in [2.05, 4.69) is 35.3 Å². The predicted octanol–water partition coefficient (Wildman–Crippen LogP) is 8.38. The Balaban J connectivity index is 3.21. The molecule has 0 spiro atoms.